The van der Waals surface area contributed by atoms with Gasteiger partial charge in [0, 0.05) is 43.1 Å². The first-order chi connectivity index (χ1) is 16.9. The number of hydrogen-bond donors (Lipinski definition) is 1. The summed E-state index contributed by atoms with van der Waals surface area (Å²) in [6.07, 6.45) is 0.878. The second-order valence-electron chi connectivity index (χ2n) is 8.34. The highest BCUT2D eigenvalue weighted by atomic mass is 19.4. The Morgan fingerprint density at radius 1 is 0.914 bits per heavy atom. The molecule has 1 fully saturated rings. The van der Waals surface area contributed by atoms with E-state index in [1.54, 1.807) is 12.1 Å². The van der Waals surface area contributed by atoms with Crippen molar-refractivity contribution in [2.75, 3.05) is 18.5 Å². The Morgan fingerprint density at radius 2 is 1.63 bits per heavy atom. The van der Waals surface area contributed by atoms with E-state index in [4.69, 9.17) is 4.74 Å². The number of aromatic nitrogens is 4. The van der Waals surface area contributed by atoms with Crippen molar-refractivity contribution in [3.63, 3.8) is 0 Å². The lowest BCUT2D eigenvalue weighted by Gasteiger charge is -2.24. The molecule has 0 unspecified atom stereocenters. The smallest absolute Gasteiger partial charge is 0.381 e. The molecule has 2 aromatic heterocycles. The SMILES string of the molecule is Fc1ccc(-c2cc(C3CCOCC3)c3ncnc(NCc4cnc(C(F)(F)F)nc4)c3c2)cc1. The number of benzene rings is 2. The summed E-state index contributed by atoms with van der Waals surface area (Å²) in [5.41, 5.74) is 4.09. The monoisotopic (exact) mass is 483 g/mol. The van der Waals surface area contributed by atoms with Gasteiger partial charge in [0.2, 0.25) is 5.82 Å². The number of hydrogen-bond acceptors (Lipinski definition) is 6. The molecule has 0 bridgehead atoms. The molecule has 10 heteroatoms. The second-order valence-corrected chi connectivity index (χ2v) is 8.34. The Labute approximate surface area is 198 Å². The summed E-state index contributed by atoms with van der Waals surface area (Å²) in [4.78, 5) is 15.8. The van der Waals surface area contributed by atoms with E-state index in [1.807, 2.05) is 6.07 Å². The number of nitrogens with zero attached hydrogens (tertiary/aromatic N) is 4. The molecule has 0 atom stereocenters. The molecule has 1 N–H and O–H groups in total. The Kier molecular flexibility index (Phi) is 6.29. The molecule has 6 nitrogen and oxygen atoms in total. The molecule has 0 saturated carbocycles. The van der Waals surface area contributed by atoms with Crippen LogP contribution < -0.4 is 5.32 Å². The van der Waals surface area contributed by atoms with Crippen molar-refractivity contribution in [2.45, 2.75) is 31.5 Å². The van der Waals surface area contributed by atoms with Gasteiger partial charge in [-0.15, -0.1) is 0 Å². The lowest BCUT2D eigenvalue weighted by atomic mass is 9.87. The van der Waals surface area contributed by atoms with E-state index >= 15 is 0 Å². The molecule has 1 aliphatic heterocycles. The van der Waals surface area contributed by atoms with Crippen LogP contribution in [-0.4, -0.2) is 33.1 Å². The standard InChI is InChI=1S/C25H21F4N5O/c26-19-3-1-16(2-4-19)18-9-20(17-5-7-35-8-6-17)22-21(10-18)23(34-14-33-22)30-11-15-12-31-24(32-13-15)25(27,28)29/h1-4,9-10,12-14,17H,5-8,11H2,(H,30,33,34). The zero-order chi connectivity index (χ0) is 24.4. The first-order valence-electron chi connectivity index (χ1n) is 11.1. The number of fused-ring (bicyclic) bond motifs is 1. The summed E-state index contributed by atoms with van der Waals surface area (Å²) >= 11 is 0. The van der Waals surface area contributed by atoms with Crippen LogP contribution in [0.2, 0.25) is 0 Å². The van der Waals surface area contributed by atoms with Crippen molar-refractivity contribution in [2.24, 2.45) is 0 Å². The Balaban J connectivity index is 1.52. The fourth-order valence-corrected chi connectivity index (χ4v) is 4.24. The highest BCUT2D eigenvalue weighted by molar-refractivity contribution is 5.95. The molecule has 2 aromatic carbocycles. The van der Waals surface area contributed by atoms with Crippen LogP contribution >= 0.6 is 0 Å². The molecule has 180 valence electrons. The van der Waals surface area contributed by atoms with Gasteiger partial charge in [0.1, 0.15) is 18.0 Å². The Hall–Kier alpha value is -3.66. The van der Waals surface area contributed by atoms with Gasteiger partial charge in [-0.2, -0.15) is 13.2 Å². The molecule has 1 saturated heterocycles. The molecule has 0 amide bonds. The van der Waals surface area contributed by atoms with E-state index in [2.05, 4.69) is 31.3 Å². The highest BCUT2D eigenvalue weighted by Gasteiger charge is 2.34. The topological polar surface area (TPSA) is 72.8 Å². The average molecular weight is 483 g/mol. The molecule has 1 aliphatic rings. The van der Waals surface area contributed by atoms with Gasteiger partial charge < -0.3 is 10.1 Å². The molecule has 3 heterocycles. The van der Waals surface area contributed by atoms with Crippen molar-refractivity contribution < 1.29 is 22.3 Å². The van der Waals surface area contributed by atoms with Crippen LogP contribution in [0.3, 0.4) is 0 Å². The normalized spacial score (nSPS) is 14.9. The van der Waals surface area contributed by atoms with Crippen LogP contribution in [0.1, 0.15) is 35.7 Å². The molecular weight excluding hydrogens is 462 g/mol. The second kappa shape index (κ2) is 9.53. The summed E-state index contributed by atoms with van der Waals surface area (Å²) in [6.45, 7) is 1.51. The van der Waals surface area contributed by atoms with Crippen LogP contribution in [0.4, 0.5) is 23.4 Å². The third-order valence-electron chi connectivity index (χ3n) is 6.03. The van der Waals surface area contributed by atoms with Crippen molar-refractivity contribution in [3.05, 3.63) is 77.9 Å². The Morgan fingerprint density at radius 3 is 2.31 bits per heavy atom. The maximum atomic E-state index is 13.5. The first kappa shape index (κ1) is 23.1. The Bertz CT molecular complexity index is 1320. The molecule has 0 aliphatic carbocycles. The van der Waals surface area contributed by atoms with Crippen LogP contribution in [0.25, 0.3) is 22.0 Å². The molecular formula is C25H21F4N5O. The van der Waals surface area contributed by atoms with Gasteiger partial charge in [0.15, 0.2) is 0 Å². The van der Waals surface area contributed by atoms with E-state index in [1.165, 1.54) is 18.5 Å². The van der Waals surface area contributed by atoms with Crippen LogP contribution in [0.15, 0.2) is 55.1 Å². The fraction of sp³-hybridized carbons (Fsp3) is 0.280. The number of alkyl halides is 3. The van der Waals surface area contributed by atoms with Gasteiger partial charge in [-0.3, -0.25) is 0 Å². The minimum atomic E-state index is -4.59. The lowest BCUT2D eigenvalue weighted by molar-refractivity contribution is -0.145. The predicted molar refractivity (Wildman–Crippen MR) is 122 cm³/mol. The van der Waals surface area contributed by atoms with Crippen LogP contribution in [-0.2, 0) is 17.5 Å². The van der Waals surface area contributed by atoms with E-state index in [0.717, 1.165) is 52.8 Å². The summed E-state index contributed by atoms with van der Waals surface area (Å²) in [5.74, 6) is -0.715. The van der Waals surface area contributed by atoms with E-state index in [0.29, 0.717) is 24.6 Å². The van der Waals surface area contributed by atoms with Crippen LogP contribution in [0, 0.1) is 5.82 Å². The van der Waals surface area contributed by atoms with Gasteiger partial charge >= 0.3 is 6.18 Å². The lowest BCUT2D eigenvalue weighted by Crippen LogP contribution is -2.15. The summed E-state index contributed by atoms with van der Waals surface area (Å²) in [7, 11) is 0. The predicted octanol–water partition coefficient (Wildman–Crippen LogP) is 5.75. The zero-order valence-corrected chi connectivity index (χ0v) is 18.5. The fourth-order valence-electron chi connectivity index (χ4n) is 4.24. The van der Waals surface area contributed by atoms with Crippen molar-refractivity contribution in [1.82, 2.24) is 19.9 Å². The van der Waals surface area contributed by atoms with E-state index in [9.17, 15) is 17.6 Å². The average Bonchev–Trinajstić information content (AvgIpc) is 2.87. The highest BCUT2D eigenvalue weighted by Crippen LogP contribution is 2.37. The summed E-state index contributed by atoms with van der Waals surface area (Å²) < 4.78 is 57.3. The largest absolute Gasteiger partial charge is 0.451 e. The van der Waals surface area contributed by atoms with Gasteiger partial charge in [0.05, 0.1) is 5.52 Å². The quantitative estimate of drug-likeness (QED) is 0.365. The van der Waals surface area contributed by atoms with Gasteiger partial charge in [-0.1, -0.05) is 12.1 Å². The maximum absolute atomic E-state index is 13.5. The third kappa shape index (κ3) is 5.07. The van der Waals surface area contributed by atoms with E-state index in [-0.39, 0.29) is 18.3 Å². The van der Waals surface area contributed by atoms with E-state index < -0.39 is 12.0 Å². The minimum Gasteiger partial charge on any atom is -0.381 e. The number of rotatable bonds is 5. The summed E-state index contributed by atoms with van der Waals surface area (Å²) in [5, 5.41) is 3.95. The first-order valence-corrected chi connectivity index (χ1v) is 11.1. The molecule has 5 rings (SSSR count). The van der Waals surface area contributed by atoms with Crippen molar-refractivity contribution >= 4 is 16.7 Å². The number of halogens is 4. The minimum absolute atomic E-state index is 0.178. The number of ether oxygens (including phenoxy) is 1. The van der Waals surface area contributed by atoms with Crippen LogP contribution in [0.5, 0.6) is 0 Å². The number of nitrogens with one attached hydrogen (secondary N) is 1. The molecule has 0 radical (unpaired) electrons. The van der Waals surface area contributed by atoms with Crippen molar-refractivity contribution in [3.8, 4) is 11.1 Å². The summed E-state index contributed by atoms with van der Waals surface area (Å²) in [6, 6.07) is 10.3. The zero-order valence-electron chi connectivity index (χ0n) is 18.5. The van der Waals surface area contributed by atoms with Gasteiger partial charge in [0.25, 0.3) is 0 Å². The number of anilines is 1. The van der Waals surface area contributed by atoms with Crippen molar-refractivity contribution in [1.29, 1.82) is 0 Å². The molecule has 35 heavy (non-hydrogen) atoms. The van der Waals surface area contributed by atoms with Gasteiger partial charge in [-0.05, 0) is 59.7 Å². The third-order valence-corrected chi connectivity index (χ3v) is 6.03. The van der Waals surface area contributed by atoms with Gasteiger partial charge in [-0.25, -0.2) is 24.3 Å². The molecule has 4 aromatic rings. The maximum Gasteiger partial charge on any atom is 0.451 e. The molecule has 0 spiro atoms.